The summed E-state index contributed by atoms with van der Waals surface area (Å²) in [6.45, 7) is 3.42. The van der Waals surface area contributed by atoms with Crippen molar-refractivity contribution in [2.75, 3.05) is 5.73 Å². The first-order valence-corrected chi connectivity index (χ1v) is 3.79. The fourth-order valence-electron chi connectivity index (χ4n) is 0.769. The zero-order chi connectivity index (χ0) is 10.0. The SMILES string of the molecule is CC(C)Oc1nc(N)c(F)cc1F. The molecule has 1 aromatic heterocycles. The van der Waals surface area contributed by atoms with Crippen LogP contribution in [0, 0.1) is 11.6 Å². The maximum atomic E-state index is 12.9. The van der Waals surface area contributed by atoms with Crippen molar-refractivity contribution in [2.24, 2.45) is 0 Å². The third-order valence-electron chi connectivity index (χ3n) is 1.27. The van der Waals surface area contributed by atoms with Gasteiger partial charge >= 0.3 is 0 Å². The second kappa shape index (κ2) is 3.55. The molecule has 0 saturated carbocycles. The van der Waals surface area contributed by atoms with Crippen LogP contribution in [0.5, 0.6) is 5.88 Å². The van der Waals surface area contributed by atoms with E-state index in [-0.39, 0.29) is 17.8 Å². The Morgan fingerprint density at radius 2 is 2.00 bits per heavy atom. The number of hydrogen-bond donors (Lipinski definition) is 1. The summed E-state index contributed by atoms with van der Waals surface area (Å²) in [6, 6.07) is 0.653. The lowest BCUT2D eigenvalue weighted by molar-refractivity contribution is 0.220. The van der Waals surface area contributed by atoms with Crippen molar-refractivity contribution in [1.82, 2.24) is 4.98 Å². The van der Waals surface area contributed by atoms with E-state index in [4.69, 9.17) is 10.5 Å². The van der Waals surface area contributed by atoms with Gasteiger partial charge in [0.1, 0.15) is 0 Å². The predicted molar refractivity (Wildman–Crippen MR) is 44.3 cm³/mol. The number of nitrogens with two attached hydrogens (primary N) is 1. The molecule has 0 aliphatic carbocycles. The van der Waals surface area contributed by atoms with E-state index in [2.05, 4.69) is 4.98 Å². The van der Waals surface area contributed by atoms with Crippen molar-refractivity contribution >= 4 is 5.82 Å². The topological polar surface area (TPSA) is 48.1 Å². The summed E-state index contributed by atoms with van der Waals surface area (Å²) >= 11 is 0. The summed E-state index contributed by atoms with van der Waals surface area (Å²) in [7, 11) is 0. The van der Waals surface area contributed by atoms with Gasteiger partial charge in [-0.1, -0.05) is 0 Å². The van der Waals surface area contributed by atoms with E-state index in [0.717, 1.165) is 0 Å². The van der Waals surface area contributed by atoms with Gasteiger partial charge in [0.05, 0.1) is 6.10 Å². The van der Waals surface area contributed by atoms with Gasteiger partial charge in [-0.15, -0.1) is 0 Å². The van der Waals surface area contributed by atoms with E-state index in [1.54, 1.807) is 13.8 Å². The third kappa shape index (κ3) is 2.27. The molecule has 3 nitrogen and oxygen atoms in total. The number of halogens is 2. The van der Waals surface area contributed by atoms with Crippen molar-refractivity contribution in [3.8, 4) is 5.88 Å². The van der Waals surface area contributed by atoms with Crippen LogP contribution in [0.3, 0.4) is 0 Å². The molecule has 13 heavy (non-hydrogen) atoms. The van der Waals surface area contributed by atoms with Crippen LogP contribution >= 0.6 is 0 Å². The van der Waals surface area contributed by atoms with Crippen LogP contribution in [-0.4, -0.2) is 11.1 Å². The molecule has 0 fully saturated rings. The molecule has 0 aliphatic heterocycles. The minimum atomic E-state index is -0.881. The van der Waals surface area contributed by atoms with Crippen LogP contribution in [0.1, 0.15) is 13.8 Å². The average molecular weight is 188 g/mol. The van der Waals surface area contributed by atoms with Crippen LogP contribution < -0.4 is 10.5 Å². The number of aromatic nitrogens is 1. The largest absolute Gasteiger partial charge is 0.473 e. The summed E-state index contributed by atoms with van der Waals surface area (Å²) in [5.74, 6) is -2.36. The lowest BCUT2D eigenvalue weighted by Gasteiger charge is -2.09. The molecule has 5 heteroatoms. The number of ether oxygens (including phenoxy) is 1. The normalized spacial score (nSPS) is 10.5. The Balaban J connectivity index is 3.01. The van der Waals surface area contributed by atoms with Crippen molar-refractivity contribution < 1.29 is 13.5 Å². The van der Waals surface area contributed by atoms with E-state index >= 15 is 0 Å². The zero-order valence-electron chi connectivity index (χ0n) is 7.34. The highest BCUT2D eigenvalue weighted by Crippen LogP contribution is 2.19. The van der Waals surface area contributed by atoms with Crippen LogP contribution in [-0.2, 0) is 0 Å². The van der Waals surface area contributed by atoms with E-state index in [9.17, 15) is 8.78 Å². The number of nitrogen functional groups attached to an aromatic ring is 1. The summed E-state index contributed by atoms with van der Waals surface area (Å²) in [5.41, 5.74) is 5.13. The van der Waals surface area contributed by atoms with Crippen LogP contribution in [0.15, 0.2) is 6.07 Å². The highest BCUT2D eigenvalue weighted by molar-refractivity contribution is 5.34. The average Bonchev–Trinajstić information content (AvgIpc) is 1.99. The minimum absolute atomic E-state index is 0.230. The van der Waals surface area contributed by atoms with Gasteiger partial charge in [-0.2, -0.15) is 4.98 Å². The van der Waals surface area contributed by atoms with Gasteiger partial charge in [-0.05, 0) is 13.8 Å². The van der Waals surface area contributed by atoms with Crippen LogP contribution in [0.25, 0.3) is 0 Å². The molecule has 0 saturated heterocycles. The molecule has 0 aromatic carbocycles. The molecule has 0 amide bonds. The van der Waals surface area contributed by atoms with Gasteiger partial charge in [-0.3, -0.25) is 0 Å². The summed E-state index contributed by atoms with van der Waals surface area (Å²) in [5, 5.41) is 0. The van der Waals surface area contributed by atoms with Crippen molar-refractivity contribution in [3.63, 3.8) is 0 Å². The lowest BCUT2D eigenvalue weighted by Crippen LogP contribution is -2.10. The van der Waals surface area contributed by atoms with Crippen molar-refractivity contribution in [3.05, 3.63) is 17.7 Å². The molecule has 1 heterocycles. The molecule has 0 radical (unpaired) electrons. The fraction of sp³-hybridized carbons (Fsp3) is 0.375. The number of pyridine rings is 1. The quantitative estimate of drug-likeness (QED) is 0.768. The maximum absolute atomic E-state index is 12.9. The molecule has 2 N–H and O–H groups in total. The highest BCUT2D eigenvalue weighted by Gasteiger charge is 2.11. The number of rotatable bonds is 2. The molecule has 0 aliphatic rings. The van der Waals surface area contributed by atoms with Crippen molar-refractivity contribution in [2.45, 2.75) is 20.0 Å². The molecular weight excluding hydrogens is 178 g/mol. The van der Waals surface area contributed by atoms with E-state index in [1.807, 2.05) is 0 Å². The molecular formula is C8H10F2N2O. The highest BCUT2D eigenvalue weighted by atomic mass is 19.1. The lowest BCUT2D eigenvalue weighted by atomic mass is 10.4. The first-order valence-electron chi connectivity index (χ1n) is 3.79. The van der Waals surface area contributed by atoms with E-state index in [1.165, 1.54) is 0 Å². The fourth-order valence-corrected chi connectivity index (χ4v) is 0.769. The standard InChI is InChI=1S/C8H10F2N2O/c1-4(2)13-8-6(10)3-5(9)7(11)12-8/h3-4H,1-2H3,(H2,11,12). The van der Waals surface area contributed by atoms with Gasteiger partial charge in [0.2, 0.25) is 0 Å². The Morgan fingerprint density at radius 3 is 2.54 bits per heavy atom. The smallest absolute Gasteiger partial charge is 0.252 e. The second-order valence-electron chi connectivity index (χ2n) is 2.81. The maximum Gasteiger partial charge on any atom is 0.252 e. The van der Waals surface area contributed by atoms with Gasteiger partial charge in [0.15, 0.2) is 17.5 Å². The molecule has 0 bridgehead atoms. The predicted octanol–water partition coefficient (Wildman–Crippen LogP) is 1.73. The van der Waals surface area contributed by atoms with Gasteiger partial charge in [-0.25, -0.2) is 8.78 Å². The Hall–Kier alpha value is -1.39. The number of hydrogen-bond acceptors (Lipinski definition) is 3. The van der Waals surface area contributed by atoms with Gasteiger partial charge in [0.25, 0.3) is 5.88 Å². The Kier molecular flexibility index (Phi) is 2.65. The second-order valence-corrected chi connectivity index (χ2v) is 2.81. The Morgan fingerprint density at radius 1 is 1.38 bits per heavy atom. The first kappa shape index (κ1) is 9.70. The molecule has 0 atom stereocenters. The first-order chi connectivity index (χ1) is 6.00. The number of nitrogens with zero attached hydrogens (tertiary/aromatic N) is 1. The van der Waals surface area contributed by atoms with E-state index < -0.39 is 11.6 Å². The van der Waals surface area contributed by atoms with Crippen molar-refractivity contribution in [1.29, 1.82) is 0 Å². The zero-order valence-corrected chi connectivity index (χ0v) is 7.34. The summed E-state index contributed by atoms with van der Waals surface area (Å²) in [4.78, 5) is 3.42. The van der Waals surface area contributed by atoms with Gasteiger partial charge < -0.3 is 10.5 Å². The summed E-state index contributed by atoms with van der Waals surface area (Å²) < 4.78 is 30.5. The Labute approximate surface area is 74.5 Å². The summed E-state index contributed by atoms with van der Waals surface area (Å²) in [6.07, 6.45) is -0.230. The third-order valence-corrected chi connectivity index (χ3v) is 1.27. The molecule has 1 aromatic rings. The van der Waals surface area contributed by atoms with Crippen LogP contribution in [0.4, 0.5) is 14.6 Å². The van der Waals surface area contributed by atoms with E-state index in [0.29, 0.717) is 6.07 Å². The minimum Gasteiger partial charge on any atom is -0.473 e. The number of anilines is 1. The molecule has 0 spiro atoms. The molecule has 0 unspecified atom stereocenters. The molecule has 72 valence electrons. The monoisotopic (exact) mass is 188 g/mol. The van der Waals surface area contributed by atoms with Gasteiger partial charge in [0, 0.05) is 6.07 Å². The Bertz CT molecular complexity index is 315. The molecule has 1 rings (SSSR count). The van der Waals surface area contributed by atoms with Crippen LogP contribution in [0.2, 0.25) is 0 Å².